The van der Waals surface area contributed by atoms with E-state index in [2.05, 4.69) is 4.98 Å². The zero-order valence-corrected chi connectivity index (χ0v) is 8.68. The Labute approximate surface area is 93.4 Å². The number of hydrogen-bond acceptors (Lipinski definition) is 2. The molecule has 0 saturated carbocycles. The van der Waals surface area contributed by atoms with E-state index >= 15 is 0 Å². The molecule has 0 fully saturated rings. The maximum absolute atomic E-state index is 12.2. The molecule has 2 nitrogen and oxygen atoms in total. The predicted octanol–water partition coefficient (Wildman–Crippen LogP) is 2.75. The first kappa shape index (κ1) is 10.8. The summed E-state index contributed by atoms with van der Waals surface area (Å²) in [5.74, 6) is 0. The SMILES string of the molecule is OC(CF)c1ccc(-c2ccncc2)cc1. The van der Waals surface area contributed by atoms with Crippen LogP contribution in [-0.2, 0) is 0 Å². The Bertz CT molecular complexity index is 441. The van der Waals surface area contributed by atoms with Crippen LogP contribution in [0, 0.1) is 0 Å². The van der Waals surface area contributed by atoms with Gasteiger partial charge in [0.15, 0.2) is 0 Å². The van der Waals surface area contributed by atoms with Gasteiger partial charge in [0.2, 0.25) is 0 Å². The summed E-state index contributed by atoms with van der Waals surface area (Å²) in [4.78, 5) is 3.94. The molecule has 0 amide bonds. The zero-order chi connectivity index (χ0) is 11.4. The van der Waals surface area contributed by atoms with Crippen LogP contribution in [0.15, 0.2) is 48.8 Å². The third-order valence-corrected chi connectivity index (χ3v) is 2.46. The summed E-state index contributed by atoms with van der Waals surface area (Å²) >= 11 is 0. The molecule has 2 rings (SSSR count). The molecule has 1 aromatic heterocycles. The van der Waals surface area contributed by atoms with Crippen LogP contribution in [0.4, 0.5) is 4.39 Å². The maximum atomic E-state index is 12.2. The maximum Gasteiger partial charge on any atom is 0.119 e. The van der Waals surface area contributed by atoms with Crippen molar-refractivity contribution in [3.8, 4) is 11.1 Å². The largest absolute Gasteiger partial charge is 0.386 e. The first-order chi connectivity index (χ1) is 7.81. The van der Waals surface area contributed by atoms with Gasteiger partial charge in [-0.25, -0.2) is 4.39 Å². The monoisotopic (exact) mass is 217 g/mol. The number of benzene rings is 1. The minimum absolute atomic E-state index is 0.598. The van der Waals surface area contributed by atoms with Crippen molar-refractivity contribution in [2.24, 2.45) is 0 Å². The van der Waals surface area contributed by atoms with Gasteiger partial charge in [0.25, 0.3) is 0 Å². The standard InChI is InChI=1S/C13H12FNO/c14-9-13(16)12-3-1-10(2-4-12)11-5-7-15-8-6-11/h1-8,13,16H,9H2. The quantitative estimate of drug-likeness (QED) is 0.857. The Morgan fingerprint density at radius 2 is 1.56 bits per heavy atom. The van der Waals surface area contributed by atoms with E-state index in [-0.39, 0.29) is 0 Å². The van der Waals surface area contributed by atoms with Gasteiger partial charge in [0.1, 0.15) is 12.8 Å². The molecule has 0 aliphatic heterocycles. The number of aliphatic hydroxyl groups is 1. The predicted molar refractivity (Wildman–Crippen MR) is 60.6 cm³/mol. The van der Waals surface area contributed by atoms with E-state index in [0.717, 1.165) is 11.1 Å². The minimum Gasteiger partial charge on any atom is -0.386 e. The topological polar surface area (TPSA) is 33.1 Å². The number of halogens is 1. The molecule has 2 aromatic rings. The first-order valence-corrected chi connectivity index (χ1v) is 5.05. The van der Waals surface area contributed by atoms with Crippen LogP contribution in [0.2, 0.25) is 0 Å². The highest BCUT2D eigenvalue weighted by molar-refractivity contribution is 5.62. The van der Waals surface area contributed by atoms with Crippen LogP contribution in [0.25, 0.3) is 11.1 Å². The number of pyridine rings is 1. The molecule has 1 atom stereocenters. The fourth-order valence-electron chi connectivity index (χ4n) is 1.53. The summed E-state index contributed by atoms with van der Waals surface area (Å²) in [5.41, 5.74) is 2.67. The van der Waals surface area contributed by atoms with Gasteiger partial charge in [-0.15, -0.1) is 0 Å². The fourth-order valence-corrected chi connectivity index (χ4v) is 1.53. The van der Waals surface area contributed by atoms with Gasteiger partial charge in [0, 0.05) is 12.4 Å². The molecule has 1 heterocycles. The molecule has 0 aliphatic rings. The fraction of sp³-hybridized carbons (Fsp3) is 0.154. The molecular weight excluding hydrogens is 205 g/mol. The van der Waals surface area contributed by atoms with Crippen molar-refractivity contribution in [1.82, 2.24) is 4.98 Å². The van der Waals surface area contributed by atoms with Gasteiger partial charge in [-0.05, 0) is 28.8 Å². The Kier molecular flexibility index (Phi) is 3.27. The third kappa shape index (κ3) is 2.25. The van der Waals surface area contributed by atoms with Crippen molar-refractivity contribution < 1.29 is 9.50 Å². The van der Waals surface area contributed by atoms with Crippen LogP contribution >= 0.6 is 0 Å². The first-order valence-electron chi connectivity index (χ1n) is 5.05. The third-order valence-electron chi connectivity index (χ3n) is 2.46. The lowest BCUT2D eigenvalue weighted by Gasteiger charge is -2.07. The Morgan fingerprint density at radius 3 is 2.12 bits per heavy atom. The number of alkyl halides is 1. The molecule has 0 aliphatic carbocycles. The van der Waals surface area contributed by atoms with E-state index in [1.54, 1.807) is 24.5 Å². The van der Waals surface area contributed by atoms with Gasteiger partial charge in [0.05, 0.1) is 0 Å². The molecule has 16 heavy (non-hydrogen) atoms. The molecule has 0 bridgehead atoms. The molecule has 1 aromatic carbocycles. The molecule has 1 N–H and O–H groups in total. The summed E-state index contributed by atoms with van der Waals surface area (Å²) in [7, 11) is 0. The summed E-state index contributed by atoms with van der Waals surface area (Å²) in [6, 6.07) is 11.0. The lowest BCUT2D eigenvalue weighted by molar-refractivity contribution is 0.142. The summed E-state index contributed by atoms with van der Waals surface area (Å²) < 4.78 is 12.2. The lowest BCUT2D eigenvalue weighted by atomic mass is 10.0. The van der Waals surface area contributed by atoms with Crippen LogP contribution in [0.5, 0.6) is 0 Å². The van der Waals surface area contributed by atoms with Crippen molar-refractivity contribution in [3.05, 3.63) is 54.4 Å². The van der Waals surface area contributed by atoms with E-state index < -0.39 is 12.8 Å². The molecule has 0 spiro atoms. The highest BCUT2D eigenvalue weighted by Gasteiger charge is 2.06. The van der Waals surface area contributed by atoms with E-state index in [4.69, 9.17) is 0 Å². The second-order valence-corrected chi connectivity index (χ2v) is 3.53. The molecule has 1 unspecified atom stereocenters. The second kappa shape index (κ2) is 4.86. The van der Waals surface area contributed by atoms with Crippen molar-refractivity contribution in [2.75, 3.05) is 6.67 Å². The normalized spacial score (nSPS) is 12.4. The van der Waals surface area contributed by atoms with E-state index in [1.807, 2.05) is 24.3 Å². The Hall–Kier alpha value is -1.74. The van der Waals surface area contributed by atoms with E-state index in [1.165, 1.54) is 0 Å². The summed E-state index contributed by atoms with van der Waals surface area (Å²) in [6.45, 7) is -0.755. The minimum atomic E-state index is -1.02. The van der Waals surface area contributed by atoms with Crippen LogP contribution in [0.1, 0.15) is 11.7 Å². The van der Waals surface area contributed by atoms with Crippen LogP contribution in [-0.4, -0.2) is 16.8 Å². The Balaban J connectivity index is 2.26. The zero-order valence-electron chi connectivity index (χ0n) is 8.68. The number of nitrogens with zero attached hydrogens (tertiary/aromatic N) is 1. The van der Waals surface area contributed by atoms with Crippen molar-refractivity contribution in [3.63, 3.8) is 0 Å². The van der Waals surface area contributed by atoms with Gasteiger partial charge >= 0.3 is 0 Å². The number of aliphatic hydroxyl groups excluding tert-OH is 1. The highest BCUT2D eigenvalue weighted by atomic mass is 19.1. The van der Waals surface area contributed by atoms with Gasteiger partial charge < -0.3 is 5.11 Å². The van der Waals surface area contributed by atoms with Crippen molar-refractivity contribution >= 4 is 0 Å². The number of aromatic nitrogens is 1. The molecule has 3 heteroatoms. The van der Waals surface area contributed by atoms with Crippen LogP contribution in [0.3, 0.4) is 0 Å². The van der Waals surface area contributed by atoms with E-state index in [0.29, 0.717) is 5.56 Å². The molecule has 0 saturated heterocycles. The van der Waals surface area contributed by atoms with E-state index in [9.17, 15) is 9.50 Å². The van der Waals surface area contributed by atoms with Crippen LogP contribution < -0.4 is 0 Å². The molecule has 82 valence electrons. The molecule has 0 radical (unpaired) electrons. The average molecular weight is 217 g/mol. The highest BCUT2D eigenvalue weighted by Crippen LogP contribution is 2.21. The second-order valence-electron chi connectivity index (χ2n) is 3.53. The summed E-state index contributed by atoms with van der Waals surface area (Å²) in [6.07, 6.45) is 2.42. The number of rotatable bonds is 3. The van der Waals surface area contributed by atoms with Gasteiger partial charge in [-0.1, -0.05) is 24.3 Å². The van der Waals surface area contributed by atoms with Crippen molar-refractivity contribution in [1.29, 1.82) is 0 Å². The number of hydrogen-bond donors (Lipinski definition) is 1. The Morgan fingerprint density at radius 1 is 1.00 bits per heavy atom. The van der Waals surface area contributed by atoms with Gasteiger partial charge in [-0.3, -0.25) is 4.98 Å². The summed E-state index contributed by atoms with van der Waals surface area (Å²) in [5, 5.41) is 9.31. The smallest absolute Gasteiger partial charge is 0.119 e. The average Bonchev–Trinajstić information content (AvgIpc) is 2.39. The van der Waals surface area contributed by atoms with Crippen molar-refractivity contribution in [2.45, 2.75) is 6.10 Å². The molecular formula is C13H12FNO. The van der Waals surface area contributed by atoms with Gasteiger partial charge in [-0.2, -0.15) is 0 Å². The lowest BCUT2D eigenvalue weighted by Crippen LogP contribution is -1.98.